The Labute approximate surface area is 96.5 Å². The molecule has 1 rings (SSSR count). The van der Waals surface area contributed by atoms with Gasteiger partial charge in [-0.15, -0.1) is 11.3 Å². The molecule has 4 heteroatoms. The molecular formula is C11H21N3S. The molecule has 0 saturated heterocycles. The molecule has 0 aliphatic heterocycles. The number of hydrogen-bond acceptors (Lipinski definition) is 4. The maximum atomic E-state index is 4.49. The highest BCUT2D eigenvalue weighted by atomic mass is 32.1. The van der Waals surface area contributed by atoms with Gasteiger partial charge in [0.25, 0.3) is 0 Å². The first kappa shape index (κ1) is 12.6. The minimum atomic E-state index is 0.338. The fourth-order valence-corrected chi connectivity index (χ4v) is 2.40. The van der Waals surface area contributed by atoms with E-state index in [1.165, 1.54) is 0 Å². The van der Waals surface area contributed by atoms with Gasteiger partial charge in [0.05, 0.1) is 10.7 Å². The summed E-state index contributed by atoms with van der Waals surface area (Å²) in [5, 5.41) is 6.82. The van der Waals surface area contributed by atoms with Crippen LogP contribution in [0.15, 0.2) is 5.38 Å². The number of nitrogens with one attached hydrogen (secondary N) is 1. The van der Waals surface area contributed by atoms with Crippen LogP contribution in [0.25, 0.3) is 0 Å². The van der Waals surface area contributed by atoms with E-state index in [-0.39, 0.29) is 0 Å². The second-order valence-electron chi connectivity index (χ2n) is 4.34. The summed E-state index contributed by atoms with van der Waals surface area (Å²) in [6.45, 7) is 7.47. The number of hydrogen-bond donors (Lipinski definition) is 1. The second kappa shape index (κ2) is 5.58. The predicted octanol–water partition coefficient (Wildman–Crippen LogP) is 2.05. The van der Waals surface area contributed by atoms with Crippen LogP contribution in [0.5, 0.6) is 0 Å². The lowest BCUT2D eigenvalue weighted by molar-refractivity contribution is 0.333. The molecule has 0 aliphatic carbocycles. The summed E-state index contributed by atoms with van der Waals surface area (Å²) in [5.41, 5.74) is 1.16. The molecule has 0 saturated carbocycles. The van der Waals surface area contributed by atoms with Crippen molar-refractivity contribution in [1.82, 2.24) is 15.2 Å². The van der Waals surface area contributed by atoms with Crippen molar-refractivity contribution in [2.75, 3.05) is 20.6 Å². The van der Waals surface area contributed by atoms with E-state index < -0.39 is 0 Å². The molecule has 3 nitrogen and oxygen atoms in total. The average molecular weight is 227 g/mol. The molecule has 0 amide bonds. The van der Waals surface area contributed by atoms with Crippen LogP contribution in [-0.2, 0) is 0 Å². The molecule has 0 radical (unpaired) electrons. The first-order chi connectivity index (χ1) is 6.99. The zero-order valence-corrected chi connectivity index (χ0v) is 11.1. The molecular weight excluding hydrogens is 206 g/mol. The molecule has 1 aromatic rings. The minimum Gasteiger partial charge on any atom is -0.308 e. The normalized spacial score (nSPS) is 15.6. The molecule has 0 fully saturated rings. The highest BCUT2D eigenvalue weighted by Crippen LogP contribution is 2.16. The van der Waals surface area contributed by atoms with Crippen molar-refractivity contribution < 1.29 is 0 Å². The van der Waals surface area contributed by atoms with Gasteiger partial charge in [0, 0.05) is 24.0 Å². The maximum Gasteiger partial charge on any atom is 0.0898 e. The lowest BCUT2D eigenvalue weighted by Crippen LogP contribution is -2.37. The SMILES string of the molecule is Cc1nc(C(C)NC(C)CN(C)C)cs1. The van der Waals surface area contributed by atoms with Crippen molar-refractivity contribution in [3.05, 3.63) is 16.1 Å². The molecule has 86 valence electrons. The van der Waals surface area contributed by atoms with Crippen LogP contribution < -0.4 is 5.32 Å². The minimum absolute atomic E-state index is 0.338. The third kappa shape index (κ3) is 4.28. The third-order valence-corrected chi connectivity index (χ3v) is 3.05. The van der Waals surface area contributed by atoms with Gasteiger partial charge in [-0.2, -0.15) is 0 Å². The Bertz CT molecular complexity index is 296. The molecule has 0 bridgehead atoms. The van der Waals surface area contributed by atoms with Gasteiger partial charge in [-0.3, -0.25) is 0 Å². The number of nitrogens with zero attached hydrogens (tertiary/aromatic N) is 2. The summed E-state index contributed by atoms with van der Waals surface area (Å²) in [7, 11) is 4.19. The van der Waals surface area contributed by atoms with E-state index in [2.05, 4.69) is 48.5 Å². The summed E-state index contributed by atoms with van der Waals surface area (Å²) < 4.78 is 0. The molecule has 2 atom stereocenters. The van der Waals surface area contributed by atoms with Gasteiger partial charge < -0.3 is 10.2 Å². The largest absolute Gasteiger partial charge is 0.308 e. The fraction of sp³-hybridized carbons (Fsp3) is 0.727. The van der Waals surface area contributed by atoms with Gasteiger partial charge in [-0.05, 0) is 34.9 Å². The molecule has 0 spiro atoms. The van der Waals surface area contributed by atoms with E-state index in [0.717, 1.165) is 17.2 Å². The number of likely N-dealkylation sites (N-methyl/N-ethyl adjacent to an activating group) is 1. The molecule has 15 heavy (non-hydrogen) atoms. The highest BCUT2D eigenvalue weighted by Gasteiger charge is 2.12. The summed E-state index contributed by atoms with van der Waals surface area (Å²) in [4.78, 5) is 6.68. The van der Waals surface area contributed by atoms with Crippen LogP contribution >= 0.6 is 11.3 Å². The number of rotatable bonds is 5. The van der Waals surface area contributed by atoms with E-state index in [4.69, 9.17) is 0 Å². The highest BCUT2D eigenvalue weighted by molar-refractivity contribution is 7.09. The topological polar surface area (TPSA) is 28.2 Å². The van der Waals surface area contributed by atoms with E-state index in [1.54, 1.807) is 11.3 Å². The number of thiazole rings is 1. The van der Waals surface area contributed by atoms with Gasteiger partial charge in [-0.1, -0.05) is 0 Å². The summed E-state index contributed by atoms with van der Waals surface area (Å²) in [6, 6.07) is 0.821. The second-order valence-corrected chi connectivity index (χ2v) is 5.41. The first-order valence-electron chi connectivity index (χ1n) is 5.32. The number of aromatic nitrogens is 1. The number of aryl methyl sites for hydroxylation is 1. The van der Waals surface area contributed by atoms with Gasteiger partial charge in [0.2, 0.25) is 0 Å². The van der Waals surface area contributed by atoms with E-state index in [0.29, 0.717) is 12.1 Å². The lowest BCUT2D eigenvalue weighted by Gasteiger charge is -2.21. The van der Waals surface area contributed by atoms with Crippen molar-refractivity contribution in [3.63, 3.8) is 0 Å². The zero-order valence-electron chi connectivity index (χ0n) is 10.2. The summed E-state index contributed by atoms with van der Waals surface area (Å²) in [6.07, 6.45) is 0. The van der Waals surface area contributed by atoms with E-state index >= 15 is 0 Å². The fourth-order valence-electron chi connectivity index (χ4n) is 1.69. The Hall–Kier alpha value is -0.450. The van der Waals surface area contributed by atoms with Crippen LogP contribution in [0.2, 0.25) is 0 Å². The van der Waals surface area contributed by atoms with Gasteiger partial charge in [-0.25, -0.2) is 4.98 Å². The van der Waals surface area contributed by atoms with Crippen molar-refractivity contribution in [1.29, 1.82) is 0 Å². The Morgan fingerprint density at radius 1 is 1.47 bits per heavy atom. The van der Waals surface area contributed by atoms with Crippen molar-refractivity contribution in [2.45, 2.75) is 32.9 Å². The Balaban J connectivity index is 2.45. The molecule has 2 unspecified atom stereocenters. The quantitative estimate of drug-likeness (QED) is 0.834. The standard InChI is InChI=1S/C11H21N3S/c1-8(6-14(4)5)12-9(2)11-7-15-10(3)13-11/h7-9,12H,6H2,1-5H3. The average Bonchev–Trinajstić information content (AvgIpc) is 2.49. The van der Waals surface area contributed by atoms with Crippen molar-refractivity contribution in [3.8, 4) is 0 Å². The molecule has 1 aromatic heterocycles. The monoisotopic (exact) mass is 227 g/mol. The van der Waals surface area contributed by atoms with Gasteiger partial charge in [0.1, 0.15) is 0 Å². The molecule has 0 aliphatic rings. The van der Waals surface area contributed by atoms with E-state index in [1.807, 2.05) is 6.92 Å². The van der Waals surface area contributed by atoms with Crippen LogP contribution in [0.3, 0.4) is 0 Å². The molecule has 0 aromatic carbocycles. The summed E-state index contributed by atoms with van der Waals surface area (Å²) in [5.74, 6) is 0. The maximum absolute atomic E-state index is 4.49. The Kier molecular flexibility index (Phi) is 4.70. The van der Waals surface area contributed by atoms with Crippen LogP contribution in [0.1, 0.15) is 30.6 Å². The Morgan fingerprint density at radius 2 is 2.13 bits per heavy atom. The summed E-state index contributed by atoms with van der Waals surface area (Å²) >= 11 is 1.71. The molecule has 1 N–H and O–H groups in total. The van der Waals surface area contributed by atoms with Crippen LogP contribution in [0.4, 0.5) is 0 Å². The van der Waals surface area contributed by atoms with Crippen molar-refractivity contribution >= 4 is 11.3 Å². The third-order valence-electron chi connectivity index (χ3n) is 2.25. The lowest BCUT2D eigenvalue weighted by atomic mass is 10.2. The zero-order chi connectivity index (χ0) is 11.4. The first-order valence-corrected chi connectivity index (χ1v) is 6.19. The van der Waals surface area contributed by atoms with E-state index in [9.17, 15) is 0 Å². The molecule has 1 heterocycles. The van der Waals surface area contributed by atoms with Crippen LogP contribution in [-0.4, -0.2) is 36.6 Å². The van der Waals surface area contributed by atoms with Gasteiger partial charge >= 0.3 is 0 Å². The smallest absolute Gasteiger partial charge is 0.0898 e. The van der Waals surface area contributed by atoms with Crippen LogP contribution in [0, 0.1) is 6.92 Å². The predicted molar refractivity (Wildman–Crippen MR) is 66.4 cm³/mol. The Morgan fingerprint density at radius 3 is 2.60 bits per heavy atom. The van der Waals surface area contributed by atoms with Gasteiger partial charge in [0.15, 0.2) is 0 Å². The van der Waals surface area contributed by atoms with Crippen molar-refractivity contribution in [2.24, 2.45) is 0 Å².